The SMILES string of the molecule is CNc1cnc2ccc(C(=O)c3c(F)c(F)cc(CCCNS(=O)O)c3F)cc2n1. The topological polar surface area (TPSA) is 104 Å². The largest absolute Gasteiger partial charge is 0.372 e. The van der Waals surface area contributed by atoms with Crippen LogP contribution in [0, 0.1) is 17.5 Å². The molecule has 1 heterocycles. The van der Waals surface area contributed by atoms with Crippen LogP contribution in [0.25, 0.3) is 11.0 Å². The van der Waals surface area contributed by atoms with Crippen molar-refractivity contribution in [3.63, 3.8) is 0 Å². The summed E-state index contributed by atoms with van der Waals surface area (Å²) < 4.78 is 64.7. The zero-order valence-corrected chi connectivity index (χ0v) is 16.5. The molecule has 158 valence electrons. The molecular weight excluding hydrogens is 421 g/mol. The number of nitrogens with zero attached hydrogens (tertiary/aromatic N) is 2. The van der Waals surface area contributed by atoms with Gasteiger partial charge in [-0.3, -0.25) is 14.3 Å². The van der Waals surface area contributed by atoms with Crippen molar-refractivity contribution in [2.45, 2.75) is 12.8 Å². The lowest BCUT2D eigenvalue weighted by molar-refractivity contribution is 0.102. The standard InChI is InChI=1S/C19H17F3N4O3S/c1-23-15-9-24-13-5-4-11(8-14(13)26-15)19(27)16-17(21)10(7-12(20)18(16)22)3-2-6-25-30(28)29/h4-5,7-9,25H,2-3,6H2,1H3,(H,23,26)(H,28,29). The number of carbonyl (C=O) groups is 1. The maximum atomic E-state index is 14.9. The van der Waals surface area contributed by atoms with E-state index in [0.717, 1.165) is 0 Å². The van der Waals surface area contributed by atoms with Gasteiger partial charge in [-0.1, -0.05) is 0 Å². The number of fused-ring (bicyclic) bond motifs is 1. The van der Waals surface area contributed by atoms with E-state index in [-0.39, 0.29) is 30.5 Å². The molecule has 3 N–H and O–H groups in total. The van der Waals surface area contributed by atoms with Gasteiger partial charge in [-0.2, -0.15) is 0 Å². The number of carbonyl (C=O) groups excluding carboxylic acids is 1. The smallest absolute Gasteiger partial charge is 0.231 e. The van der Waals surface area contributed by atoms with Crippen molar-refractivity contribution in [1.82, 2.24) is 14.7 Å². The molecular formula is C19H17F3N4O3S. The van der Waals surface area contributed by atoms with E-state index in [4.69, 9.17) is 4.55 Å². The molecule has 0 bridgehead atoms. The lowest BCUT2D eigenvalue weighted by atomic mass is 9.97. The summed E-state index contributed by atoms with van der Waals surface area (Å²) in [4.78, 5) is 21.2. The summed E-state index contributed by atoms with van der Waals surface area (Å²) in [6.07, 6.45) is 1.59. The monoisotopic (exact) mass is 438 g/mol. The van der Waals surface area contributed by atoms with Crippen LogP contribution in [0.15, 0.2) is 30.5 Å². The zero-order chi connectivity index (χ0) is 21.8. The number of hydrogen-bond donors (Lipinski definition) is 3. The molecule has 3 aromatic rings. The van der Waals surface area contributed by atoms with Gasteiger partial charge in [0.05, 0.1) is 22.8 Å². The van der Waals surface area contributed by atoms with Crippen molar-refractivity contribution < 1.29 is 26.7 Å². The Morgan fingerprint density at radius 2 is 1.93 bits per heavy atom. The number of benzene rings is 2. The Labute approximate surface area is 172 Å². The minimum atomic E-state index is -2.24. The molecule has 0 amide bonds. The first-order valence-corrected chi connectivity index (χ1v) is 9.92. The third kappa shape index (κ3) is 4.64. The Balaban J connectivity index is 1.96. The number of ketones is 1. The Morgan fingerprint density at radius 1 is 1.17 bits per heavy atom. The molecule has 1 atom stereocenters. The highest BCUT2D eigenvalue weighted by molar-refractivity contribution is 7.77. The van der Waals surface area contributed by atoms with Crippen molar-refractivity contribution >= 4 is 33.9 Å². The predicted octanol–water partition coefficient (Wildman–Crippen LogP) is 2.98. The summed E-state index contributed by atoms with van der Waals surface area (Å²) in [5, 5.41) is 2.80. The number of hydrogen-bond acceptors (Lipinski definition) is 5. The van der Waals surface area contributed by atoms with Gasteiger partial charge < -0.3 is 5.32 Å². The van der Waals surface area contributed by atoms with Crippen LogP contribution in [0.1, 0.15) is 27.9 Å². The van der Waals surface area contributed by atoms with Crippen molar-refractivity contribution in [3.8, 4) is 0 Å². The number of nitrogens with one attached hydrogen (secondary N) is 2. The summed E-state index contributed by atoms with van der Waals surface area (Å²) in [5.41, 5.74) is -0.480. The fourth-order valence-electron chi connectivity index (χ4n) is 2.89. The summed E-state index contributed by atoms with van der Waals surface area (Å²) in [6.45, 7) is 0.0436. The maximum absolute atomic E-state index is 14.9. The second kappa shape index (κ2) is 9.28. The van der Waals surface area contributed by atoms with Crippen LogP contribution >= 0.6 is 0 Å². The third-order valence-electron chi connectivity index (χ3n) is 4.37. The quantitative estimate of drug-likeness (QED) is 0.216. The molecule has 0 saturated carbocycles. The van der Waals surface area contributed by atoms with Gasteiger partial charge in [0, 0.05) is 19.2 Å². The molecule has 2 aromatic carbocycles. The third-order valence-corrected chi connectivity index (χ3v) is 4.82. The molecule has 1 aromatic heterocycles. The highest BCUT2D eigenvalue weighted by Crippen LogP contribution is 2.25. The first kappa shape index (κ1) is 21.8. The van der Waals surface area contributed by atoms with Crippen LogP contribution in [-0.2, 0) is 17.7 Å². The van der Waals surface area contributed by atoms with Gasteiger partial charge in [-0.05, 0) is 42.7 Å². The van der Waals surface area contributed by atoms with E-state index >= 15 is 0 Å². The van der Waals surface area contributed by atoms with Gasteiger partial charge in [-0.15, -0.1) is 0 Å². The minimum absolute atomic E-state index is 0.0436. The van der Waals surface area contributed by atoms with Crippen LogP contribution < -0.4 is 10.0 Å². The fraction of sp³-hybridized carbons (Fsp3) is 0.211. The fourth-order valence-corrected chi connectivity index (χ4v) is 3.21. The molecule has 0 spiro atoms. The van der Waals surface area contributed by atoms with Crippen molar-refractivity contribution in [2.24, 2.45) is 0 Å². The summed E-state index contributed by atoms with van der Waals surface area (Å²) in [6, 6.07) is 4.83. The van der Waals surface area contributed by atoms with Crippen LogP contribution in [0.5, 0.6) is 0 Å². The number of aromatic nitrogens is 2. The molecule has 0 saturated heterocycles. The van der Waals surface area contributed by atoms with Crippen LogP contribution in [0.2, 0.25) is 0 Å². The Hall–Kier alpha value is -2.89. The molecule has 0 fully saturated rings. The molecule has 3 rings (SSSR count). The maximum Gasteiger partial charge on any atom is 0.231 e. The Morgan fingerprint density at radius 3 is 2.63 bits per heavy atom. The molecule has 30 heavy (non-hydrogen) atoms. The average molecular weight is 438 g/mol. The number of rotatable bonds is 8. The highest BCUT2D eigenvalue weighted by atomic mass is 32.2. The van der Waals surface area contributed by atoms with Crippen LogP contribution in [0.4, 0.5) is 19.0 Å². The van der Waals surface area contributed by atoms with E-state index in [9.17, 15) is 22.2 Å². The number of aryl methyl sites for hydroxylation is 1. The first-order chi connectivity index (χ1) is 14.3. The molecule has 0 aliphatic carbocycles. The lowest BCUT2D eigenvalue weighted by Crippen LogP contribution is -2.18. The van der Waals surface area contributed by atoms with Gasteiger partial charge in [0.15, 0.2) is 17.4 Å². The zero-order valence-electron chi connectivity index (χ0n) is 15.7. The molecule has 1 unspecified atom stereocenters. The molecule has 0 radical (unpaired) electrons. The van der Waals surface area contributed by atoms with E-state index in [1.165, 1.54) is 24.4 Å². The molecule has 7 nitrogen and oxygen atoms in total. The summed E-state index contributed by atoms with van der Waals surface area (Å²) >= 11 is -2.24. The Bertz CT molecular complexity index is 1140. The second-order valence-corrected chi connectivity index (χ2v) is 7.09. The van der Waals surface area contributed by atoms with E-state index in [1.807, 2.05) is 0 Å². The van der Waals surface area contributed by atoms with Crippen LogP contribution in [-0.4, -0.2) is 38.1 Å². The Kier molecular flexibility index (Phi) is 6.75. The van der Waals surface area contributed by atoms with E-state index < -0.39 is 40.1 Å². The van der Waals surface area contributed by atoms with Crippen molar-refractivity contribution in [2.75, 3.05) is 18.9 Å². The van der Waals surface area contributed by atoms with E-state index in [2.05, 4.69) is 20.0 Å². The predicted molar refractivity (Wildman–Crippen MR) is 106 cm³/mol. The van der Waals surface area contributed by atoms with Gasteiger partial charge >= 0.3 is 0 Å². The van der Waals surface area contributed by atoms with Gasteiger partial charge in [0.2, 0.25) is 11.3 Å². The number of anilines is 1. The van der Waals surface area contributed by atoms with Crippen molar-refractivity contribution in [3.05, 3.63) is 64.6 Å². The lowest BCUT2D eigenvalue weighted by Gasteiger charge is -2.11. The van der Waals surface area contributed by atoms with Crippen molar-refractivity contribution in [1.29, 1.82) is 0 Å². The average Bonchev–Trinajstić information content (AvgIpc) is 2.73. The second-order valence-electron chi connectivity index (χ2n) is 6.31. The number of halogens is 3. The van der Waals surface area contributed by atoms with E-state index in [0.29, 0.717) is 22.9 Å². The summed E-state index contributed by atoms with van der Waals surface area (Å²) in [5.74, 6) is -4.69. The first-order valence-electron chi connectivity index (χ1n) is 8.81. The molecule has 11 heteroatoms. The summed E-state index contributed by atoms with van der Waals surface area (Å²) in [7, 11) is 1.64. The minimum Gasteiger partial charge on any atom is -0.372 e. The van der Waals surface area contributed by atoms with E-state index in [1.54, 1.807) is 7.05 Å². The molecule has 0 aliphatic heterocycles. The normalized spacial score (nSPS) is 12.2. The van der Waals surface area contributed by atoms with Gasteiger partial charge in [-0.25, -0.2) is 27.1 Å². The molecule has 0 aliphatic rings. The van der Waals surface area contributed by atoms with Gasteiger partial charge in [0.25, 0.3) is 0 Å². The van der Waals surface area contributed by atoms with Crippen LogP contribution in [0.3, 0.4) is 0 Å². The highest BCUT2D eigenvalue weighted by Gasteiger charge is 2.25. The van der Waals surface area contributed by atoms with Gasteiger partial charge in [0.1, 0.15) is 11.6 Å².